The molecule has 0 saturated heterocycles. The van der Waals surface area contributed by atoms with Gasteiger partial charge in [0, 0.05) is 23.5 Å². The minimum Gasteiger partial charge on any atom is -0.423 e. The fourth-order valence-electron chi connectivity index (χ4n) is 4.72. The molecule has 2 fully saturated rings. The van der Waals surface area contributed by atoms with Crippen molar-refractivity contribution >= 4 is 16.7 Å². The lowest BCUT2D eigenvalue weighted by Gasteiger charge is -2.43. The summed E-state index contributed by atoms with van der Waals surface area (Å²) < 4.78 is 5.44. The van der Waals surface area contributed by atoms with Gasteiger partial charge in [-0.25, -0.2) is 4.79 Å². The first-order valence-corrected chi connectivity index (χ1v) is 9.64. The van der Waals surface area contributed by atoms with Gasteiger partial charge in [-0.1, -0.05) is 50.7 Å². The average Bonchev–Trinajstić information content (AvgIpc) is 2.63. The molecule has 1 heterocycles. The highest BCUT2D eigenvalue weighted by Crippen LogP contribution is 2.37. The Morgan fingerprint density at radius 1 is 0.833 bits per heavy atom. The van der Waals surface area contributed by atoms with Crippen LogP contribution in [0, 0.1) is 0 Å². The third kappa shape index (κ3) is 3.09. The SMILES string of the molecule is O=c1cc(N(C2CCCCC2)C2CCCCC2)c2ccccc2o1. The Labute approximate surface area is 143 Å². The molecule has 24 heavy (non-hydrogen) atoms. The van der Waals surface area contributed by atoms with Crippen LogP contribution in [-0.2, 0) is 0 Å². The second-order valence-electron chi connectivity index (χ2n) is 7.44. The number of benzene rings is 1. The van der Waals surface area contributed by atoms with Crippen molar-refractivity contribution in [2.45, 2.75) is 76.3 Å². The lowest BCUT2D eigenvalue weighted by molar-refractivity contribution is 0.340. The molecule has 0 atom stereocenters. The number of hydrogen-bond donors (Lipinski definition) is 0. The van der Waals surface area contributed by atoms with Gasteiger partial charge in [-0.15, -0.1) is 0 Å². The first kappa shape index (κ1) is 15.7. The molecule has 3 heteroatoms. The first-order valence-electron chi connectivity index (χ1n) is 9.64. The predicted octanol–water partition coefficient (Wildman–Crippen LogP) is 5.26. The van der Waals surface area contributed by atoms with Crippen LogP contribution in [0.15, 0.2) is 39.5 Å². The molecule has 4 rings (SSSR count). The maximum absolute atomic E-state index is 12.2. The van der Waals surface area contributed by atoms with Crippen LogP contribution in [0.2, 0.25) is 0 Å². The van der Waals surface area contributed by atoms with Crippen molar-refractivity contribution in [2.75, 3.05) is 4.90 Å². The molecule has 0 aliphatic heterocycles. The molecule has 1 aromatic heterocycles. The molecular formula is C21H27NO2. The van der Waals surface area contributed by atoms with Crippen LogP contribution < -0.4 is 10.5 Å². The van der Waals surface area contributed by atoms with Crippen LogP contribution in [0.25, 0.3) is 11.0 Å². The highest BCUT2D eigenvalue weighted by atomic mass is 16.4. The van der Waals surface area contributed by atoms with Gasteiger partial charge >= 0.3 is 5.63 Å². The maximum Gasteiger partial charge on any atom is 0.338 e. The van der Waals surface area contributed by atoms with E-state index in [4.69, 9.17) is 4.42 Å². The minimum atomic E-state index is -0.222. The zero-order valence-electron chi connectivity index (χ0n) is 14.4. The molecule has 0 N–H and O–H groups in total. The van der Waals surface area contributed by atoms with Crippen molar-refractivity contribution in [1.29, 1.82) is 0 Å². The fourth-order valence-corrected chi connectivity index (χ4v) is 4.72. The summed E-state index contributed by atoms with van der Waals surface area (Å²) >= 11 is 0. The van der Waals surface area contributed by atoms with Crippen LogP contribution in [0.4, 0.5) is 5.69 Å². The maximum atomic E-state index is 12.2. The number of fused-ring (bicyclic) bond motifs is 1. The molecule has 0 amide bonds. The van der Waals surface area contributed by atoms with Crippen LogP contribution >= 0.6 is 0 Å². The summed E-state index contributed by atoms with van der Waals surface area (Å²) in [5.74, 6) is 0. The average molecular weight is 325 g/mol. The highest BCUT2D eigenvalue weighted by Gasteiger charge is 2.30. The Morgan fingerprint density at radius 3 is 2.04 bits per heavy atom. The lowest BCUT2D eigenvalue weighted by atomic mass is 9.88. The van der Waals surface area contributed by atoms with Gasteiger partial charge in [0.2, 0.25) is 0 Å². The number of para-hydroxylation sites is 1. The molecule has 3 nitrogen and oxygen atoms in total. The van der Waals surface area contributed by atoms with E-state index in [1.807, 2.05) is 18.2 Å². The van der Waals surface area contributed by atoms with E-state index >= 15 is 0 Å². The molecule has 2 saturated carbocycles. The molecule has 2 aliphatic rings. The third-order valence-corrected chi connectivity index (χ3v) is 5.84. The minimum absolute atomic E-state index is 0.222. The summed E-state index contributed by atoms with van der Waals surface area (Å²) in [6.07, 6.45) is 13.0. The molecule has 0 radical (unpaired) electrons. The molecule has 1 aromatic carbocycles. The van der Waals surface area contributed by atoms with Crippen LogP contribution in [0.1, 0.15) is 64.2 Å². The predicted molar refractivity (Wildman–Crippen MR) is 98.7 cm³/mol. The summed E-state index contributed by atoms with van der Waals surface area (Å²) in [6.45, 7) is 0. The summed E-state index contributed by atoms with van der Waals surface area (Å²) in [7, 11) is 0. The van der Waals surface area contributed by atoms with E-state index in [0.29, 0.717) is 12.1 Å². The standard InChI is InChI=1S/C21H27NO2/c23-21-15-19(18-13-7-8-14-20(18)24-21)22(16-9-3-1-4-10-16)17-11-5-2-6-12-17/h7-8,13-17H,1-6,9-12H2. The van der Waals surface area contributed by atoms with Crippen LogP contribution in [-0.4, -0.2) is 12.1 Å². The van der Waals surface area contributed by atoms with E-state index in [0.717, 1.165) is 16.7 Å². The van der Waals surface area contributed by atoms with Crippen molar-refractivity contribution in [2.24, 2.45) is 0 Å². The molecule has 128 valence electrons. The molecular weight excluding hydrogens is 298 g/mol. The Kier molecular flexibility index (Phi) is 4.59. The van der Waals surface area contributed by atoms with E-state index in [2.05, 4.69) is 11.0 Å². The Balaban J connectivity index is 1.81. The van der Waals surface area contributed by atoms with E-state index in [9.17, 15) is 4.79 Å². The van der Waals surface area contributed by atoms with Crippen molar-refractivity contribution in [3.05, 3.63) is 40.8 Å². The van der Waals surface area contributed by atoms with Crippen molar-refractivity contribution in [3.63, 3.8) is 0 Å². The van der Waals surface area contributed by atoms with Gasteiger partial charge < -0.3 is 9.32 Å². The summed E-state index contributed by atoms with van der Waals surface area (Å²) in [4.78, 5) is 14.8. The van der Waals surface area contributed by atoms with Gasteiger partial charge in [0.15, 0.2) is 0 Å². The fraction of sp³-hybridized carbons (Fsp3) is 0.571. The summed E-state index contributed by atoms with van der Waals surface area (Å²) in [6, 6.07) is 10.9. The summed E-state index contributed by atoms with van der Waals surface area (Å²) in [5.41, 5.74) is 1.61. The smallest absolute Gasteiger partial charge is 0.338 e. The van der Waals surface area contributed by atoms with E-state index in [1.54, 1.807) is 6.07 Å². The second-order valence-corrected chi connectivity index (χ2v) is 7.44. The largest absolute Gasteiger partial charge is 0.423 e. The normalized spacial score (nSPS) is 20.3. The molecule has 2 aliphatic carbocycles. The van der Waals surface area contributed by atoms with Crippen molar-refractivity contribution in [1.82, 2.24) is 0 Å². The van der Waals surface area contributed by atoms with Gasteiger partial charge in [0.1, 0.15) is 5.58 Å². The quantitative estimate of drug-likeness (QED) is 0.721. The molecule has 0 bridgehead atoms. The van der Waals surface area contributed by atoms with Gasteiger partial charge in [-0.3, -0.25) is 0 Å². The zero-order chi connectivity index (χ0) is 16.4. The number of hydrogen-bond acceptors (Lipinski definition) is 3. The second kappa shape index (κ2) is 7.00. The number of rotatable bonds is 3. The topological polar surface area (TPSA) is 33.5 Å². The lowest BCUT2D eigenvalue weighted by Crippen LogP contribution is -2.45. The third-order valence-electron chi connectivity index (χ3n) is 5.84. The van der Waals surface area contributed by atoms with Crippen LogP contribution in [0.3, 0.4) is 0 Å². The Hall–Kier alpha value is -1.77. The molecule has 2 aromatic rings. The number of nitrogens with zero attached hydrogens (tertiary/aromatic N) is 1. The number of anilines is 1. The van der Waals surface area contributed by atoms with Gasteiger partial charge in [0.25, 0.3) is 0 Å². The van der Waals surface area contributed by atoms with Gasteiger partial charge in [0.05, 0.1) is 5.69 Å². The van der Waals surface area contributed by atoms with Gasteiger partial charge in [-0.05, 0) is 37.8 Å². The van der Waals surface area contributed by atoms with E-state index < -0.39 is 0 Å². The van der Waals surface area contributed by atoms with Crippen molar-refractivity contribution in [3.8, 4) is 0 Å². The Morgan fingerprint density at radius 2 is 1.42 bits per heavy atom. The monoisotopic (exact) mass is 325 g/mol. The van der Waals surface area contributed by atoms with Crippen molar-refractivity contribution < 1.29 is 4.42 Å². The van der Waals surface area contributed by atoms with Crippen LogP contribution in [0.5, 0.6) is 0 Å². The summed E-state index contributed by atoms with van der Waals surface area (Å²) in [5, 5.41) is 1.09. The highest BCUT2D eigenvalue weighted by molar-refractivity contribution is 5.90. The molecule has 0 unspecified atom stereocenters. The Bertz CT molecular complexity index is 721. The molecule has 0 spiro atoms. The first-order chi connectivity index (χ1) is 11.8. The van der Waals surface area contributed by atoms with Gasteiger partial charge in [-0.2, -0.15) is 0 Å². The van der Waals surface area contributed by atoms with E-state index in [-0.39, 0.29) is 5.63 Å². The van der Waals surface area contributed by atoms with E-state index in [1.165, 1.54) is 64.2 Å². The zero-order valence-corrected chi connectivity index (χ0v) is 14.4.